The fraction of sp³-hybridized carbons (Fsp3) is 0.273. The maximum atomic E-state index is 12.2. The van der Waals surface area contributed by atoms with E-state index in [2.05, 4.69) is 6.58 Å². The van der Waals surface area contributed by atoms with Gasteiger partial charge >= 0.3 is 6.18 Å². The van der Waals surface area contributed by atoms with E-state index in [1.165, 1.54) is 12.1 Å². The largest absolute Gasteiger partial charge is 0.416 e. The van der Waals surface area contributed by atoms with Crippen LogP contribution in [0.1, 0.15) is 17.5 Å². The Bertz CT molecular complexity index is 338. The van der Waals surface area contributed by atoms with Crippen molar-refractivity contribution >= 4 is 5.57 Å². The molecule has 0 atom stereocenters. The Balaban J connectivity index is 2.86. The molecule has 0 aromatic heterocycles. The lowest BCUT2D eigenvalue weighted by Gasteiger charge is -2.08. The first-order valence-electron chi connectivity index (χ1n) is 4.41. The monoisotopic (exact) mass is 216 g/mol. The second kappa shape index (κ2) is 4.49. The van der Waals surface area contributed by atoms with Crippen LogP contribution < -0.4 is 0 Å². The zero-order chi connectivity index (χ0) is 11.5. The standard InChI is InChI=1S/C11H11F3O/c1-8(6-7-15)9-2-4-10(5-3-9)11(12,13)14/h2-5,15H,1,6-7H2. The molecule has 0 aliphatic carbocycles. The number of aliphatic hydroxyl groups is 1. The molecule has 0 amide bonds. The quantitative estimate of drug-likeness (QED) is 0.823. The van der Waals surface area contributed by atoms with Gasteiger partial charge in [0.15, 0.2) is 0 Å². The Morgan fingerprint density at radius 1 is 1.20 bits per heavy atom. The summed E-state index contributed by atoms with van der Waals surface area (Å²) >= 11 is 0. The molecular formula is C11H11F3O. The van der Waals surface area contributed by atoms with E-state index in [0.29, 0.717) is 17.6 Å². The molecule has 0 aliphatic rings. The van der Waals surface area contributed by atoms with Crippen LogP contribution in [0.2, 0.25) is 0 Å². The topological polar surface area (TPSA) is 20.2 Å². The summed E-state index contributed by atoms with van der Waals surface area (Å²) in [6.07, 6.45) is -3.94. The highest BCUT2D eigenvalue weighted by atomic mass is 19.4. The summed E-state index contributed by atoms with van der Waals surface area (Å²) in [5.74, 6) is 0. The molecule has 0 saturated carbocycles. The van der Waals surface area contributed by atoms with E-state index in [9.17, 15) is 13.2 Å². The van der Waals surface area contributed by atoms with Crippen LogP contribution in [0.4, 0.5) is 13.2 Å². The van der Waals surface area contributed by atoms with Crippen molar-refractivity contribution in [1.82, 2.24) is 0 Å². The average molecular weight is 216 g/mol. The van der Waals surface area contributed by atoms with E-state index >= 15 is 0 Å². The highest BCUT2D eigenvalue weighted by molar-refractivity contribution is 5.63. The Kier molecular flexibility index (Phi) is 3.52. The molecule has 82 valence electrons. The van der Waals surface area contributed by atoms with Gasteiger partial charge in [-0.05, 0) is 29.7 Å². The van der Waals surface area contributed by atoms with Crippen molar-refractivity contribution in [1.29, 1.82) is 0 Å². The van der Waals surface area contributed by atoms with Crippen molar-refractivity contribution in [2.24, 2.45) is 0 Å². The molecule has 4 heteroatoms. The molecule has 1 aromatic carbocycles. The van der Waals surface area contributed by atoms with Crippen LogP contribution in [0.3, 0.4) is 0 Å². The molecule has 0 aliphatic heterocycles. The number of aliphatic hydroxyl groups excluding tert-OH is 1. The number of hydrogen-bond donors (Lipinski definition) is 1. The summed E-state index contributed by atoms with van der Waals surface area (Å²) in [4.78, 5) is 0. The normalized spacial score (nSPS) is 11.5. The molecule has 1 nitrogen and oxygen atoms in total. The van der Waals surface area contributed by atoms with Crippen LogP contribution >= 0.6 is 0 Å². The van der Waals surface area contributed by atoms with Crippen molar-refractivity contribution in [2.45, 2.75) is 12.6 Å². The fourth-order valence-electron chi connectivity index (χ4n) is 1.17. The third kappa shape index (κ3) is 3.09. The van der Waals surface area contributed by atoms with Gasteiger partial charge in [0.1, 0.15) is 0 Å². The predicted octanol–water partition coefficient (Wildman–Crippen LogP) is 3.10. The maximum absolute atomic E-state index is 12.2. The van der Waals surface area contributed by atoms with Crippen molar-refractivity contribution < 1.29 is 18.3 Å². The van der Waals surface area contributed by atoms with Gasteiger partial charge in [0.2, 0.25) is 0 Å². The van der Waals surface area contributed by atoms with Crippen LogP contribution in [0.5, 0.6) is 0 Å². The first-order chi connectivity index (χ1) is 6.95. The van der Waals surface area contributed by atoms with E-state index in [4.69, 9.17) is 5.11 Å². The first-order valence-corrected chi connectivity index (χ1v) is 4.41. The van der Waals surface area contributed by atoms with Gasteiger partial charge < -0.3 is 5.11 Å². The summed E-state index contributed by atoms with van der Waals surface area (Å²) in [7, 11) is 0. The number of benzene rings is 1. The number of alkyl halides is 3. The van der Waals surface area contributed by atoms with Crippen molar-refractivity contribution in [3.8, 4) is 0 Å². The maximum Gasteiger partial charge on any atom is 0.416 e. The summed E-state index contributed by atoms with van der Waals surface area (Å²) in [6, 6.07) is 4.75. The van der Waals surface area contributed by atoms with Gasteiger partial charge in [-0.1, -0.05) is 18.7 Å². The molecule has 0 unspecified atom stereocenters. The smallest absolute Gasteiger partial charge is 0.396 e. The molecule has 1 aromatic rings. The second-order valence-corrected chi connectivity index (χ2v) is 3.15. The number of rotatable bonds is 3. The van der Waals surface area contributed by atoms with Crippen LogP contribution in [0, 0.1) is 0 Å². The lowest BCUT2D eigenvalue weighted by atomic mass is 10.0. The molecule has 0 fully saturated rings. The predicted molar refractivity (Wildman–Crippen MR) is 52.2 cm³/mol. The minimum atomic E-state index is -4.31. The third-order valence-corrected chi connectivity index (χ3v) is 2.03. The van der Waals surface area contributed by atoms with Gasteiger partial charge in [-0.25, -0.2) is 0 Å². The van der Waals surface area contributed by atoms with Gasteiger partial charge in [-0.15, -0.1) is 0 Å². The number of halogens is 3. The summed E-state index contributed by atoms with van der Waals surface area (Å²) in [5.41, 5.74) is 0.575. The molecule has 1 rings (SSSR count). The SMILES string of the molecule is C=C(CCO)c1ccc(C(F)(F)F)cc1. The molecular weight excluding hydrogens is 205 g/mol. The zero-order valence-corrected chi connectivity index (χ0v) is 8.01. The third-order valence-electron chi connectivity index (χ3n) is 2.03. The highest BCUT2D eigenvalue weighted by Gasteiger charge is 2.29. The van der Waals surface area contributed by atoms with Crippen LogP contribution in [0.25, 0.3) is 5.57 Å². The Morgan fingerprint density at radius 2 is 1.73 bits per heavy atom. The van der Waals surface area contributed by atoms with Gasteiger partial charge in [0, 0.05) is 6.61 Å². The first kappa shape index (κ1) is 11.8. The van der Waals surface area contributed by atoms with E-state index < -0.39 is 11.7 Å². The minimum Gasteiger partial charge on any atom is -0.396 e. The molecule has 0 bridgehead atoms. The van der Waals surface area contributed by atoms with E-state index in [1.807, 2.05) is 0 Å². The van der Waals surface area contributed by atoms with Crippen molar-refractivity contribution in [3.05, 3.63) is 42.0 Å². The Morgan fingerprint density at radius 3 is 2.13 bits per heavy atom. The Hall–Kier alpha value is -1.29. The fourth-order valence-corrected chi connectivity index (χ4v) is 1.17. The van der Waals surface area contributed by atoms with E-state index in [0.717, 1.165) is 12.1 Å². The molecule has 0 radical (unpaired) electrons. The molecule has 0 spiro atoms. The van der Waals surface area contributed by atoms with E-state index in [1.54, 1.807) is 0 Å². The van der Waals surface area contributed by atoms with Gasteiger partial charge in [0.05, 0.1) is 5.56 Å². The summed E-state index contributed by atoms with van der Waals surface area (Å²) in [6.45, 7) is 3.61. The number of hydrogen-bond acceptors (Lipinski definition) is 1. The lowest BCUT2D eigenvalue weighted by molar-refractivity contribution is -0.137. The summed E-state index contributed by atoms with van der Waals surface area (Å²) in [5, 5.41) is 8.64. The van der Waals surface area contributed by atoms with Gasteiger partial charge in [-0.2, -0.15) is 13.2 Å². The van der Waals surface area contributed by atoms with Crippen molar-refractivity contribution in [3.63, 3.8) is 0 Å². The average Bonchev–Trinajstić information content (AvgIpc) is 2.17. The highest BCUT2D eigenvalue weighted by Crippen LogP contribution is 2.30. The van der Waals surface area contributed by atoms with Crippen LogP contribution in [-0.2, 0) is 6.18 Å². The van der Waals surface area contributed by atoms with Gasteiger partial charge in [-0.3, -0.25) is 0 Å². The second-order valence-electron chi connectivity index (χ2n) is 3.15. The summed E-state index contributed by atoms with van der Waals surface area (Å²) < 4.78 is 36.6. The van der Waals surface area contributed by atoms with Crippen LogP contribution in [0.15, 0.2) is 30.8 Å². The van der Waals surface area contributed by atoms with Gasteiger partial charge in [0.25, 0.3) is 0 Å². The molecule has 15 heavy (non-hydrogen) atoms. The Labute approximate surface area is 85.9 Å². The zero-order valence-electron chi connectivity index (χ0n) is 8.01. The lowest BCUT2D eigenvalue weighted by Crippen LogP contribution is -2.04. The minimum absolute atomic E-state index is 0.0557. The molecule has 1 N–H and O–H groups in total. The van der Waals surface area contributed by atoms with Crippen LogP contribution in [-0.4, -0.2) is 11.7 Å². The van der Waals surface area contributed by atoms with E-state index in [-0.39, 0.29) is 6.61 Å². The molecule has 0 saturated heterocycles. The van der Waals surface area contributed by atoms with Crippen molar-refractivity contribution in [2.75, 3.05) is 6.61 Å². The molecule has 0 heterocycles.